The van der Waals surface area contributed by atoms with Crippen molar-refractivity contribution in [3.8, 4) is 5.75 Å². The number of nitrogens with one attached hydrogen (secondary N) is 1. The Morgan fingerprint density at radius 3 is 3.00 bits per heavy atom. The molecule has 1 aromatic rings. The van der Waals surface area contributed by atoms with Crippen LogP contribution in [0.4, 0.5) is 0 Å². The zero-order valence-electron chi connectivity index (χ0n) is 10.4. The molecule has 2 amide bonds. The van der Waals surface area contributed by atoms with Crippen LogP contribution in [0.1, 0.15) is 5.56 Å². The highest BCUT2D eigenvalue weighted by Gasteiger charge is 2.17. The van der Waals surface area contributed by atoms with Gasteiger partial charge in [0.15, 0.2) is 6.04 Å². The fourth-order valence-corrected chi connectivity index (χ4v) is 1.58. The predicted molar refractivity (Wildman–Crippen MR) is 67.6 cm³/mol. The molecule has 1 aromatic carbocycles. The lowest BCUT2D eigenvalue weighted by atomic mass is 10.2. The summed E-state index contributed by atoms with van der Waals surface area (Å²) in [4.78, 5) is 22.6. The van der Waals surface area contributed by atoms with Gasteiger partial charge >= 0.3 is 0 Å². The molecule has 1 aliphatic rings. The Morgan fingerprint density at radius 2 is 2.32 bits per heavy atom. The average Bonchev–Trinajstić information content (AvgIpc) is 2.46. The van der Waals surface area contributed by atoms with E-state index in [9.17, 15) is 9.59 Å². The number of rotatable bonds is 4. The van der Waals surface area contributed by atoms with Gasteiger partial charge in [-0.05, 0) is 23.8 Å². The summed E-state index contributed by atoms with van der Waals surface area (Å²) in [5.41, 5.74) is 0.917. The fraction of sp³-hybridized carbons (Fsp3) is 0.231. The zero-order valence-corrected chi connectivity index (χ0v) is 10.4. The van der Waals surface area contributed by atoms with Crippen molar-refractivity contribution in [2.75, 3.05) is 7.11 Å². The molecule has 0 aliphatic carbocycles. The number of carbonyl (C=O) groups excluding carboxylic acids is 2. The van der Waals surface area contributed by atoms with Crippen molar-refractivity contribution in [1.29, 1.82) is 0 Å². The van der Waals surface area contributed by atoms with Crippen LogP contribution in [0.25, 0.3) is 0 Å². The van der Waals surface area contributed by atoms with Crippen LogP contribution in [0.15, 0.2) is 46.6 Å². The van der Waals surface area contributed by atoms with E-state index < -0.39 is 11.9 Å². The summed E-state index contributed by atoms with van der Waals surface area (Å²) >= 11 is 0. The second kappa shape index (κ2) is 5.90. The van der Waals surface area contributed by atoms with Gasteiger partial charge < -0.3 is 10.1 Å². The number of amides is 2. The molecule has 0 spiro atoms. The van der Waals surface area contributed by atoms with E-state index >= 15 is 0 Å². The number of benzene rings is 1. The van der Waals surface area contributed by atoms with E-state index in [1.807, 2.05) is 24.3 Å². The molecule has 0 saturated carbocycles. The van der Waals surface area contributed by atoms with Crippen LogP contribution in [-0.2, 0) is 16.1 Å². The largest absolute Gasteiger partial charge is 0.497 e. The summed E-state index contributed by atoms with van der Waals surface area (Å²) in [6.45, 7) is 0.365. The molecule has 0 radical (unpaired) electrons. The molecule has 1 heterocycles. The lowest BCUT2D eigenvalue weighted by Crippen LogP contribution is -2.32. The summed E-state index contributed by atoms with van der Waals surface area (Å²) in [6, 6.07) is 6.66. The molecule has 0 aromatic heterocycles. The molecular formula is C13H13N3O3. The van der Waals surface area contributed by atoms with Crippen LogP contribution < -0.4 is 10.1 Å². The van der Waals surface area contributed by atoms with Crippen molar-refractivity contribution >= 4 is 11.8 Å². The van der Waals surface area contributed by atoms with Crippen LogP contribution in [0, 0.1) is 0 Å². The van der Waals surface area contributed by atoms with Gasteiger partial charge in [-0.2, -0.15) is 5.11 Å². The highest BCUT2D eigenvalue weighted by atomic mass is 16.5. The second-order valence-corrected chi connectivity index (χ2v) is 3.93. The third kappa shape index (κ3) is 3.48. The summed E-state index contributed by atoms with van der Waals surface area (Å²) in [5, 5.41) is 9.67. The van der Waals surface area contributed by atoms with Gasteiger partial charge in [0.05, 0.1) is 7.11 Å². The number of methoxy groups -OCH3 is 1. The third-order valence-electron chi connectivity index (χ3n) is 2.57. The van der Waals surface area contributed by atoms with Gasteiger partial charge in [0.25, 0.3) is 11.8 Å². The smallest absolute Gasteiger partial charge is 0.287 e. The number of hydrogen-bond donors (Lipinski definition) is 1. The summed E-state index contributed by atoms with van der Waals surface area (Å²) in [6.07, 6.45) is 2.67. The maximum Gasteiger partial charge on any atom is 0.287 e. The minimum Gasteiger partial charge on any atom is -0.497 e. The van der Waals surface area contributed by atoms with E-state index in [0.717, 1.165) is 11.3 Å². The van der Waals surface area contributed by atoms with Crippen molar-refractivity contribution in [2.24, 2.45) is 10.2 Å². The zero-order chi connectivity index (χ0) is 13.7. The first-order chi connectivity index (χ1) is 9.19. The number of ether oxygens (including phenoxy) is 1. The van der Waals surface area contributed by atoms with Crippen LogP contribution in [0.3, 0.4) is 0 Å². The quantitative estimate of drug-likeness (QED) is 0.883. The molecule has 2 rings (SSSR count). The fourth-order valence-electron chi connectivity index (χ4n) is 1.58. The first-order valence-corrected chi connectivity index (χ1v) is 5.72. The third-order valence-corrected chi connectivity index (χ3v) is 2.57. The molecule has 1 N–H and O–H groups in total. The van der Waals surface area contributed by atoms with Gasteiger partial charge in [0.1, 0.15) is 5.75 Å². The van der Waals surface area contributed by atoms with Crippen molar-refractivity contribution in [1.82, 2.24) is 5.32 Å². The monoisotopic (exact) mass is 259 g/mol. The molecule has 6 nitrogen and oxygen atoms in total. The van der Waals surface area contributed by atoms with E-state index in [1.54, 1.807) is 7.11 Å². The summed E-state index contributed by atoms with van der Waals surface area (Å²) < 4.78 is 5.09. The van der Waals surface area contributed by atoms with E-state index in [-0.39, 0.29) is 5.91 Å². The predicted octanol–water partition coefficient (Wildman–Crippen LogP) is 1.23. The maximum atomic E-state index is 11.8. The normalized spacial score (nSPS) is 17.3. The first-order valence-electron chi connectivity index (χ1n) is 5.72. The summed E-state index contributed by atoms with van der Waals surface area (Å²) in [7, 11) is 1.59. The molecule has 6 heteroatoms. The van der Waals surface area contributed by atoms with Crippen molar-refractivity contribution in [3.05, 3.63) is 42.0 Å². The minimum atomic E-state index is -0.733. The van der Waals surface area contributed by atoms with Crippen molar-refractivity contribution in [2.45, 2.75) is 12.6 Å². The lowest BCUT2D eigenvalue weighted by molar-refractivity contribution is -0.121. The lowest BCUT2D eigenvalue weighted by Gasteiger charge is -2.10. The van der Waals surface area contributed by atoms with E-state index in [0.29, 0.717) is 6.54 Å². The number of carbonyl (C=O) groups is 2. The van der Waals surface area contributed by atoms with Crippen LogP contribution in [0.2, 0.25) is 0 Å². The minimum absolute atomic E-state index is 0.296. The molecule has 0 fully saturated rings. The van der Waals surface area contributed by atoms with E-state index in [4.69, 9.17) is 4.74 Å². The standard InChI is InChI=1S/C13H13N3O3/c1-19-10-4-2-3-9(7-10)8-14-13(18)11-5-6-12(17)16-15-11/h2-7,11H,8H2,1H3,(H,14,18). The molecule has 1 atom stereocenters. The number of nitrogens with zero attached hydrogens (tertiary/aromatic N) is 2. The van der Waals surface area contributed by atoms with Gasteiger partial charge in [-0.1, -0.05) is 12.1 Å². The average molecular weight is 259 g/mol. The van der Waals surface area contributed by atoms with Crippen LogP contribution in [0.5, 0.6) is 5.75 Å². The number of azo groups is 1. The van der Waals surface area contributed by atoms with Gasteiger partial charge in [0, 0.05) is 12.6 Å². The molecule has 0 bridgehead atoms. The molecular weight excluding hydrogens is 246 g/mol. The second-order valence-electron chi connectivity index (χ2n) is 3.93. The van der Waals surface area contributed by atoms with Crippen LogP contribution in [-0.4, -0.2) is 25.0 Å². The summed E-state index contributed by atoms with van der Waals surface area (Å²) in [5.74, 6) is -0.0123. The molecule has 19 heavy (non-hydrogen) atoms. The molecule has 1 unspecified atom stereocenters. The Balaban J connectivity index is 1.91. The van der Waals surface area contributed by atoms with Crippen LogP contribution >= 0.6 is 0 Å². The molecule has 98 valence electrons. The van der Waals surface area contributed by atoms with Crippen molar-refractivity contribution < 1.29 is 14.3 Å². The van der Waals surface area contributed by atoms with E-state index in [1.165, 1.54) is 12.2 Å². The maximum absolute atomic E-state index is 11.8. The van der Waals surface area contributed by atoms with Gasteiger partial charge in [0.2, 0.25) is 0 Å². The highest BCUT2D eigenvalue weighted by molar-refractivity contribution is 5.92. The Morgan fingerprint density at radius 1 is 1.47 bits per heavy atom. The molecule has 1 aliphatic heterocycles. The Hall–Kier alpha value is -2.50. The number of hydrogen-bond acceptors (Lipinski definition) is 4. The Kier molecular flexibility index (Phi) is 4.02. The highest BCUT2D eigenvalue weighted by Crippen LogP contribution is 2.12. The van der Waals surface area contributed by atoms with Gasteiger partial charge in [-0.15, -0.1) is 5.11 Å². The first kappa shape index (κ1) is 12.9. The van der Waals surface area contributed by atoms with Crippen molar-refractivity contribution in [3.63, 3.8) is 0 Å². The molecule has 0 saturated heterocycles. The Bertz CT molecular complexity index is 536. The van der Waals surface area contributed by atoms with Gasteiger partial charge in [-0.25, -0.2) is 0 Å². The van der Waals surface area contributed by atoms with Gasteiger partial charge in [-0.3, -0.25) is 9.59 Å². The SMILES string of the molecule is COc1cccc(CNC(=O)C2C=CC(=O)N=N2)c1. The topological polar surface area (TPSA) is 80.1 Å². The van der Waals surface area contributed by atoms with E-state index in [2.05, 4.69) is 15.5 Å². The Labute approximate surface area is 110 Å².